The number of anilines is 1. The largest absolute Gasteiger partial charge is 0.354 e. The van der Waals surface area contributed by atoms with Crippen molar-refractivity contribution in [3.05, 3.63) is 29.8 Å². The van der Waals surface area contributed by atoms with Gasteiger partial charge in [-0.3, -0.25) is 9.59 Å². The van der Waals surface area contributed by atoms with Crippen molar-refractivity contribution in [2.75, 3.05) is 18.0 Å². The van der Waals surface area contributed by atoms with Crippen molar-refractivity contribution in [1.82, 2.24) is 5.32 Å². The number of nitrogens with one attached hydrogen (secondary N) is 1. The monoisotopic (exact) mass is 272 g/mol. The Bertz CT molecular complexity index is 561. The van der Waals surface area contributed by atoms with Crippen molar-refractivity contribution in [1.29, 1.82) is 0 Å². The van der Waals surface area contributed by atoms with E-state index in [4.69, 9.17) is 0 Å². The lowest BCUT2D eigenvalue weighted by molar-refractivity contribution is -0.125. The zero-order valence-electron chi connectivity index (χ0n) is 12.0. The van der Waals surface area contributed by atoms with E-state index in [0.29, 0.717) is 5.92 Å². The summed E-state index contributed by atoms with van der Waals surface area (Å²) in [5.41, 5.74) is 1.32. The van der Waals surface area contributed by atoms with Gasteiger partial charge in [0.15, 0.2) is 0 Å². The Morgan fingerprint density at radius 3 is 2.75 bits per heavy atom. The second kappa shape index (κ2) is 4.62. The smallest absolute Gasteiger partial charge is 0.240 e. The number of hydrogen-bond acceptors (Lipinski definition) is 2. The molecule has 106 valence electrons. The van der Waals surface area contributed by atoms with Crippen molar-refractivity contribution in [3.8, 4) is 0 Å². The number of nitrogens with zero attached hydrogens (tertiary/aromatic N) is 1. The fourth-order valence-electron chi connectivity index (χ4n) is 2.74. The van der Waals surface area contributed by atoms with Gasteiger partial charge in [-0.1, -0.05) is 18.2 Å². The average Bonchev–Trinajstić information content (AvgIpc) is 3.23. The number of carbonyl (C=O) groups excluding carboxylic acids is 2. The zero-order valence-corrected chi connectivity index (χ0v) is 12.0. The molecule has 0 bridgehead atoms. The van der Waals surface area contributed by atoms with Crippen LogP contribution in [0.3, 0.4) is 0 Å². The first-order chi connectivity index (χ1) is 9.50. The highest BCUT2D eigenvalue weighted by atomic mass is 16.2. The molecule has 2 aliphatic rings. The summed E-state index contributed by atoms with van der Waals surface area (Å²) in [5, 5.41) is 2.92. The summed E-state index contributed by atoms with van der Waals surface area (Å²) in [6, 6.07) is 7.72. The van der Waals surface area contributed by atoms with Gasteiger partial charge in [0.2, 0.25) is 11.8 Å². The minimum absolute atomic E-state index is 0.000252. The number of fused-ring (bicyclic) bond motifs is 1. The van der Waals surface area contributed by atoms with Gasteiger partial charge in [-0.15, -0.1) is 0 Å². The van der Waals surface area contributed by atoms with Crippen molar-refractivity contribution in [2.24, 2.45) is 5.92 Å². The number of hydrogen-bond donors (Lipinski definition) is 1. The molecular weight excluding hydrogens is 252 g/mol. The van der Waals surface area contributed by atoms with Gasteiger partial charge >= 0.3 is 0 Å². The van der Waals surface area contributed by atoms with Gasteiger partial charge in [-0.25, -0.2) is 0 Å². The Balaban J connectivity index is 1.75. The van der Waals surface area contributed by atoms with Crippen molar-refractivity contribution >= 4 is 17.5 Å². The van der Waals surface area contributed by atoms with Crippen molar-refractivity contribution in [2.45, 2.75) is 32.1 Å². The molecule has 0 spiro atoms. The molecule has 1 saturated carbocycles. The Kier molecular flexibility index (Phi) is 3.04. The van der Waals surface area contributed by atoms with Gasteiger partial charge in [-0.05, 0) is 44.2 Å². The van der Waals surface area contributed by atoms with E-state index in [1.807, 2.05) is 38.1 Å². The molecule has 20 heavy (non-hydrogen) atoms. The highest BCUT2D eigenvalue weighted by Gasteiger charge is 2.44. The number of para-hydroxylation sites is 1. The molecule has 1 fully saturated rings. The summed E-state index contributed by atoms with van der Waals surface area (Å²) in [4.78, 5) is 26.1. The second-order valence-electron chi connectivity index (χ2n) is 6.28. The van der Waals surface area contributed by atoms with Gasteiger partial charge in [0.05, 0.1) is 5.41 Å². The van der Waals surface area contributed by atoms with E-state index < -0.39 is 5.41 Å². The van der Waals surface area contributed by atoms with Gasteiger partial charge in [-0.2, -0.15) is 0 Å². The molecule has 1 aromatic carbocycles. The van der Waals surface area contributed by atoms with Crippen LogP contribution in [0.15, 0.2) is 24.3 Å². The van der Waals surface area contributed by atoms with E-state index in [0.717, 1.165) is 17.8 Å². The Morgan fingerprint density at radius 1 is 1.35 bits per heavy atom. The maximum atomic E-state index is 12.5. The molecule has 1 aromatic rings. The Morgan fingerprint density at radius 2 is 2.05 bits per heavy atom. The molecule has 0 radical (unpaired) electrons. The number of amides is 2. The Hall–Kier alpha value is -1.84. The van der Waals surface area contributed by atoms with Crippen LogP contribution in [-0.2, 0) is 15.0 Å². The third-order valence-corrected chi connectivity index (χ3v) is 4.23. The van der Waals surface area contributed by atoms with E-state index in [-0.39, 0.29) is 18.4 Å². The third-order valence-electron chi connectivity index (χ3n) is 4.23. The van der Waals surface area contributed by atoms with Gasteiger partial charge in [0.1, 0.15) is 6.54 Å². The molecule has 4 heteroatoms. The summed E-state index contributed by atoms with van der Waals surface area (Å²) in [6.45, 7) is 4.68. The van der Waals surface area contributed by atoms with Crippen molar-refractivity contribution < 1.29 is 9.59 Å². The molecule has 0 aromatic heterocycles. The van der Waals surface area contributed by atoms with Crippen LogP contribution in [0, 0.1) is 5.92 Å². The molecule has 2 amide bonds. The summed E-state index contributed by atoms with van der Waals surface area (Å²) in [6.07, 6.45) is 2.41. The SMILES string of the molecule is CC1(C)C(=O)N(CC(=O)NCC2CC2)c2ccccc21. The lowest BCUT2D eigenvalue weighted by Crippen LogP contribution is -2.43. The van der Waals surface area contributed by atoms with E-state index in [2.05, 4.69) is 5.32 Å². The lowest BCUT2D eigenvalue weighted by atomic mass is 9.86. The molecule has 0 saturated heterocycles. The van der Waals surface area contributed by atoms with Crippen LogP contribution in [-0.4, -0.2) is 24.9 Å². The maximum Gasteiger partial charge on any atom is 0.240 e. The molecule has 3 rings (SSSR count). The van der Waals surface area contributed by atoms with Crippen LogP contribution in [0.25, 0.3) is 0 Å². The Labute approximate surface area is 119 Å². The first-order valence-corrected chi connectivity index (χ1v) is 7.18. The molecule has 1 N–H and O–H groups in total. The molecule has 4 nitrogen and oxygen atoms in total. The fraction of sp³-hybridized carbons (Fsp3) is 0.500. The van der Waals surface area contributed by atoms with E-state index in [1.165, 1.54) is 12.8 Å². The number of rotatable bonds is 4. The maximum absolute atomic E-state index is 12.5. The second-order valence-corrected chi connectivity index (χ2v) is 6.28. The van der Waals surface area contributed by atoms with E-state index >= 15 is 0 Å². The van der Waals surface area contributed by atoms with E-state index in [1.54, 1.807) is 4.90 Å². The summed E-state index contributed by atoms with van der Waals surface area (Å²) < 4.78 is 0. The van der Waals surface area contributed by atoms with Gasteiger partial charge in [0.25, 0.3) is 0 Å². The van der Waals surface area contributed by atoms with Crippen LogP contribution < -0.4 is 10.2 Å². The third kappa shape index (κ3) is 2.19. The predicted octanol–water partition coefficient (Wildman–Crippen LogP) is 1.84. The van der Waals surface area contributed by atoms with Gasteiger partial charge < -0.3 is 10.2 Å². The quantitative estimate of drug-likeness (QED) is 0.909. The predicted molar refractivity (Wildman–Crippen MR) is 77.6 cm³/mol. The minimum atomic E-state index is -0.548. The fourth-order valence-corrected chi connectivity index (χ4v) is 2.74. The normalized spacial score (nSPS) is 19.9. The van der Waals surface area contributed by atoms with Crippen LogP contribution in [0.4, 0.5) is 5.69 Å². The van der Waals surface area contributed by atoms with Gasteiger partial charge in [0, 0.05) is 12.2 Å². The highest BCUT2D eigenvalue weighted by Crippen LogP contribution is 2.40. The lowest BCUT2D eigenvalue weighted by Gasteiger charge is -2.20. The van der Waals surface area contributed by atoms with Crippen molar-refractivity contribution in [3.63, 3.8) is 0 Å². The zero-order chi connectivity index (χ0) is 14.3. The first-order valence-electron chi connectivity index (χ1n) is 7.18. The first kappa shape index (κ1) is 13.2. The van der Waals surface area contributed by atoms with Crippen LogP contribution in [0.5, 0.6) is 0 Å². The number of carbonyl (C=O) groups is 2. The minimum Gasteiger partial charge on any atom is -0.354 e. The standard InChI is InChI=1S/C16H20N2O2/c1-16(2)12-5-3-4-6-13(12)18(15(16)20)10-14(19)17-9-11-7-8-11/h3-6,11H,7-10H2,1-2H3,(H,17,19). The molecule has 1 aliphatic carbocycles. The molecule has 1 aliphatic heterocycles. The summed E-state index contributed by atoms with van der Waals surface area (Å²) >= 11 is 0. The summed E-state index contributed by atoms with van der Waals surface area (Å²) in [7, 11) is 0. The topological polar surface area (TPSA) is 49.4 Å². The molecule has 0 atom stereocenters. The number of benzene rings is 1. The summed E-state index contributed by atoms with van der Waals surface area (Å²) in [5.74, 6) is 0.579. The highest BCUT2D eigenvalue weighted by molar-refractivity contribution is 6.10. The molecular formula is C16H20N2O2. The molecule has 0 unspecified atom stereocenters. The van der Waals surface area contributed by atoms with Crippen LogP contribution >= 0.6 is 0 Å². The van der Waals surface area contributed by atoms with Crippen LogP contribution in [0.2, 0.25) is 0 Å². The molecule has 1 heterocycles. The van der Waals surface area contributed by atoms with E-state index in [9.17, 15) is 9.59 Å². The average molecular weight is 272 g/mol. The van der Waals surface area contributed by atoms with Crippen LogP contribution in [0.1, 0.15) is 32.3 Å².